The number of halogens is 1. The van der Waals surface area contributed by atoms with Crippen LogP contribution in [0.5, 0.6) is 0 Å². The third kappa shape index (κ3) is 1.99. The number of nitrogens with zero attached hydrogens (tertiary/aromatic N) is 1. The molecule has 1 aliphatic heterocycles. The van der Waals surface area contributed by atoms with Crippen molar-refractivity contribution in [1.82, 2.24) is 4.90 Å². The molecule has 1 aromatic rings. The van der Waals surface area contributed by atoms with Gasteiger partial charge in [0, 0.05) is 17.0 Å². The first-order chi connectivity index (χ1) is 7.78. The monoisotopic (exact) mass is 235 g/mol. The van der Waals surface area contributed by atoms with E-state index in [1.807, 2.05) is 12.1 Å². The van der Waals surface area contributed by atoms with E-state index >= 15 is 0 Å². The van der Waals surface area contributed by atoms with Crippen molar-refractivity contribution in [2.24, 2.45) is 0 Å². The van der Waals surface area contributed by atoms with Gasteiger partial charge in [-0.1, -0.05) is 23.7 Å². The molecule has 16 heavy (non-hydrogen) atoms. The van der Waals surface area contributed by atoms with Gasteiger partial charge >= 0.3 is 0 Å². The summed E-state index contributed by atoms with van der Waals surface area (Å²) >= 11 is 5.94. The fourth-order valence-electron chi connectivity index (χ4n) is 2.86. The molecule has 1 aliphatic carbocycles. The molecule has 0 N–H and O–H groups in total. The molecule has 1 saturated heterocycles. The van der Waals surface area contributed by atoms with Gasteiger partial charge in [0.05, 0.1) is 0 Å². The zero-order valence-corrected chi connectivity index (χ0v) is 10.3. The molecule has 0 spiro atoms. The molecule has 1 aromatic carbocycles. The number of hydrogen-bond donors (Lipinski definition) is 0. The van der Waals surface area contributed by atoms with Gasteiger partial charge in [-0.2, -0.15) is 0 Å². The SMILES string of the molecule is Clc1ccc(C2(CN3CCCC3)CC2)cc1. The van der Waals surface area contributed by atoms with Crippen molar-refractivity contribution >= 4 is 11.6 Å². The third-order valence-electron chi connectivity index (χ3n) is 4.04. The van der Waals surface area contributed by atoms with Gasteiger partial charge in [0.25, 0.3) is 0 Å². The molecule has 1 heterocycles. The summed E-state index contributed by atoms with van der Waals surface area (Å²) < 4.78 is 0. The Morgan fingerprint density at radius 1 is 1.06 bits per heavy atom. The molecular weight excluding hydrogens is 218 g/mol. The average Bonchev–Trinajstić information content (AvgIpc) is 2.88. The molecule has 0 unspecified atom stereocenters. The van der Waals surface area contributed by atoms with Crippen molar-refractivity contribution in [3.8, 4) is 0 Å². The maximum Gasteiger partial charge on any atom is 0.0406 e. The van der Waals surface area contributed by atoms with Gasteiger partial charge in [-0.25, -0.2) is 0 Å². The second kappa shape index (κ2) is 4.05. The van der Waals surface area contributed by atoms with E-state index in [1.54, 1.807) is 0 Å². The van der Waals surface area contributed by atoms with Crippen molar-refractivity contribution in [2.75, 3.05) is 19.6 Å². The number of likely N-dealkylation sites (tertiary alicyclic amines) is 1. The van der Waals surface area contributed by atoms with Crippen LogP contribution in [0.3, 0.4) is 0 Å². The highest BCUT2D eigenvalue weighted by molar-refractivity contribution is 6.30. The summed E-state index contributed by atoms with van der Waals surface area (Å²) in [6, 6.07) is 8.48. The lowest BCUT2D eigenvalue weighted by molar-refractivity contribution is 0.305. The maximum atomic E-state index is 5.94. The first kappa shape index (κ1) is 10.6. The summed E-state index contributed by atoms with van der Waals surface area (Å²) in [7, 11) is 0. The molecule has 3 rings (SSSR count). The zero-order chi connectivity index (χ0) is 11.0. The van der Waals surface area contributed by atoms with Crippen molar-refractivity contribution in [1.29, 1.82) is 0 Å². The van der Waals surface area contributed by atoms with Crippen LogP contribution in [-0.4, -0.2) is 24.5 Å². The first-order valence-electron chi connectivity index (χ1n) is 6.27. The normalized spacial score (nSPS) is 23.6. The molecule has 0 atom stereocenters. The van der Waals surface area contributed by atoms with Gasteiger partial charge in [-0.05, 0) is 56.5 Å². The molecule has 2 fully saturated rings. The lowest BCUT2D eigenvalue weighted by Gasteiger charge is -2.23. The predicted molar refractivity (Wildman–Crippen MR) is 68.0 cm³/mol. The molecule has 0 amide bonds. The zero-order valence-electron chi connectivity index (χ0n) is 9.58. The predicted octanol–water partition coefficient (Wildman–Crippen LogP) is 3.47. The lowest BCUT2D eigenvalue weighted by atomic mass is 9.95. The number of hydrogen-bond acceptors (Lipinski definition) is 1. The Morgan fingerprint density at radius 3 is 2.25 bits per heavy atom. The van der Waals surface area contributed by atoms with Crippen LogP contribution in [0, 0.1) is 0 Å². The van der Waals surface area contributed by atoms with Gasteiger partial charge < -0.3 is 4.90 Å². The van der Waals surface area contributed by atoms with Crippen LogP contribution in [0.1, 0.15) is 31.2 Å². The van der Waals surface area contributed by atoms with Crippen LogP contribution in [0.4, 0.5) is 0 Å². The highest BCUT2D eigenvalue weighted by Crippen LogP contribution is 2.49. The van der Waals surface area contributed by atoms with Gasteiger partial charge in [-0.3, -0.25) is 0 Å². The minimum Gasteiger partial charge on any atom is -0.302 e. The van der Waals surface area contributed by atoms with E-state index in [1.165, 1.54) is 50.9 Å². The Bertz CT molecular complexity index is 361. The largest absolute Gasteiger partial charge is 0.302 e. The maximum absolute atomic E-state index is 5.94. The Morgan fingerprint density at radius 2 is 1.69 bits per heavy atom. The van der Waals surface area contributed by atoms with Crippen LogP contribution in [-0.2, 0) is 5.41 Å². The van der Waals surface area contributed by atoms with E-state index < -0.39 is 0 Å². The second-order valence-electron chi connectivity index (χ2n) is 5.27. The Hall–Kier alpha value is -0.530. The molecular formula is C14H18ClN. The molecule has 0 radical (unpaired) electrons. The summed E-state index contributed by atoms with van der Waals surface area (Å²) in [5.74, 6) is 0. The minimum atomic E-state index is 0.467. The minimum absolute atomic E-state index is 0.467. The summed E-state index contributed by atoms with van der Waals surface area (Å²) in [6.45, 7) is 3.86. The van der Waals surface area contributed by atoms with E-state index in [-0.39, 0.29) is 0 Å². The smallest absolute Gasteiger partial charge is 0.0406 e. The quantitative estimate of drug-likeness (QED) is 0.776. The van der Waals surface area contributed by atoms with Crippen LogP contribution in [0.25, 0.3) is 0 Å². The summed E-state index contributed by atoms with van der Waals surface area (Å²) in [5, 5.41) is 0.848. The van der Waals surface area contributed by atoms with E-state index in [0.717, 1.165) is 5.02 Å². The summed E-state index contributed by atoms with van der Waals surface area (Å²) in [4.78, 5) is 2.63. The van der Waals surface area contributed by atoms with Gasteiger partial charge in [0.2, 0.25) is 0 Å². The Balaban J connectivity index is 1.74. The number of benzene rings is 1. The third-order valence-corrected chi connectivity index (χ3v) is 4.29. The van der Waals surface area contributed by atoms with E-state index in [0.29, 0.717) is 5.41 Å². The number of rotatable bonds is 3. The molecule has 2 aliphatic rings. The summed E-state index contributed by atoms with van der Waals surface area (Å²) in [6.07, 6.45) is 5.48. The average molecular weight is 236 g/mol. The fourth-order valence-corrected chi connectivity index (χ4v) is 2.99. The lowest BCUT2D eigenvalue weighted by Crippen LogP contribution is -2.30. The second-order valence-corrected chi connectivity index (χ2v) is 5.71. The Labute approximate surface area is 102 Å². The van der Waals surface area contributed by atoms with Gasteiger partial charge in [0.15, 0.2) is 0 Å². The highest BCUT2D eigenvalue weighted by atomic mass is 35.5. The van der Waals surface area contributed by atoms with Crippen molar-refractivity contribution in [2.45, 2.75) is 31.1 Å². The fraction of sp³-hybridized carbons (Fsp3) is 0.571. The van der Waals surface area contributed by atoms with Crippen molar-refractivity contribution < 1.29 is 0 Å². The van der Waals surface area contributed by atoms with E-state index in [2.05, 4.69) is 17.0 Å². The van der Waals surface area contributed by atoms with E-state index in [4.69, 9.17) is 11.6 Å². The molecule has 2 heteroatoms. The molecule has 0 bridgehead atoms. The van der Waals surface area contributed by atoms with Gasteiger partial charge in [-0.15, -0.1) is 0 Å². The Kier molecular flexibility index (Phi) is 2.68. The van der Waals surface area contributed by atoms with Crippen LogP contribution in [0.2, 0.25) is 5.02 Å². The highest BCUT2D eigenvalue weighted by Gasteiger charge is 2.45. The summed E-state index contributed by atoms with van der Waals surface area (Å²) in [5.41, 5.74) is 1.96. The molecule has 86 valence electrons. The molecule has 0 aromatic heterocycles. The molecule has 1 nitrogen and oxygen atoms in total. The van der Waals surface area contributed by atoms with Crippen molar-refractivity contribution in [3.05, 3.63) is 34.9 Å². The molecule has 1 saturated carbocycles. The standard InChI is InChI=1S/C14H18ClN/c15-13-5-3-12(4-6-13)14(7-8-14)11-16-9-1-2-10-16/h3-6H,1-2,7-11H2. The van der Waals surface area contributed by atoms with Crippen molar-refractivity contribution in [3.63, 3.8) is 0 Å². The van der Waals surface area contributed by atoms with E-state index in [9.17, 15) is 0 Å². The van der Waals surface area contributed by atoms with Crippen LogP contribution < -0.4 is 0 Å². The van der Waals surface area contributed by atoms with Crippen LogP contribution in [0.15, 0.2) is 24.3 Å². The topological polar surface area (TPSA) is 3.24 Å². The van der Waals surface area contributed by atoms with Gasteiger partial charge in [0.1, 0.15) is 0 Å². The first-order valence-corrected chi connectivity index (χ1v) is 6.65. The van der Waals surface area contributed by atoms with Crippen LogP contribution >= 0.6 is 11.6 Å².